The van der Waals surface area contributed by atoms with Crippen molar-refractivity contribution in [2.24, 2.45) is 11.7 Å². The molecule has 0 spiro atoms. The van der Waals surface area contributed by atoms with E-state index in [2.05, 4.69) is 5.32 Å². The number of alkyl halides is 3. The van der Waals surface area contributed by atoms with Gasteiger partial charge in [-0.25, -0.2) is 0 Å². The fraction of sp³-hybridized carbons (Fsp3) is 0.316. The Morgan fingerprint density at radius 1 is 1.19 bits per heavy atom. The highest BCUT2D eigenvalue weighted by atomic mass is 35.5. The standard InChI is InChI=1S/C19H21F3N2O2.ClH/c1-12-8-9-15(16(10-12)26-11-19(20,21)22)24-18(25)13(2)17(23)14-6-4-3-5-7-14;/h3-10,13,17H,11,23H2,1-2H3,(H,24,25);1H. The number of nitrogens with two attached hydrogens (primary N) is 1. The molecule has 0 bridgehead atoms. The van der Waals surface area contributed by atoms with Gasteiger partial charge in [-0.15, -0.1) is 12.4 Å². The monoisotopic (exact) mass is 402 g/mol. The van der Waals surface area contributed by atoms with E-state index in [9.17, 15) is 18.0 Å². The number of amides is 1. The molecule has 4 nitrogen and oxygen atoms in total. The molecule has 0 aromatic heterocycles. The average molecular weight is 403 g/mol. The van der Waals surface area contributed by atoms with Crippen molar-refractivity contribution >= 4 is 24.0 Å². The number of hydrogen-bond donors (Lipinski definition) is 2. The first kappa shape index (κ1) is 22.8. The summed E-state index contributed by atoms with van der Waals surface area (Å²) in [5.74, 6) is -1.02. The zero-order valence-corrected chi connectivity index (χ0v) is 15.7. The van der Waals surface area contributed by atoms with Crippen molar-refractivity contribution in [1.29, 1.82) is 0 Å². The van der Waals surface area contributed by atoms with Crippen LogP contribution < -0.4 is 15.8 Å². The van der Waals surface area contributed by atoms with Crippen molar-refractivity contribution in [2.45, 2.75) is 26.1 Å². The molecule has 1 amide bonds. The minimum Gasteiger partial charge on any atom is -0.482 e. The van der Waals surface area contributed by atoms with Crippen LogP contribution in [0.1, 0.15) is 24.1 Å². The van der Waals surface area contributed by atoms with Gasteiger partial charge in [-0.2, -0.15) is 13.2 Å². The number of rotatable bonds is 6. The minimum atomic E-state index is -4.46. The molecule has 148 valence electrons. The average Bonchev–Trinajstić information content (AvgIpc) is 2.60. The van der Waals surface area contributed by atoms with E-state index in [1.165, 1.54) is 12.1 Å². The molecule has 0 aliphatic heterocycles. The molecule has 2 unspecified atom stereocenters. The van der Waals surface area contributed by atoms with E-state index in [0.29, 0.717) is 5.56 Å². The Morgan fingerprint density at radius 3 is 2.41 bits per heavy atom. The van der Waals surface area contributed by atoms with Crippen LogP contribution in [0.5, 0.6) is 5.75 Å². The van der Waals surface area contributed by atoms with Gasteiger partial charge in [-0.1, -0.05) is 43.3 Å². The van der Waals surface area contributed by atoms with Crippen LogP contribution in [0.4, 0.5) is 18.9 Å². The van der Waals surface area contributed by atoms with Crippen molar-refractivity contribution in [3.05, 3.63) is 59.7 Å². The van der Waals surface area contributed by atoms with Crippen LogP contribution in [-0.2, 0) is 4.79 Å². The fourth-order valence-electron chi connectivity index (χ4n) is 2.39. The van der Waals surface area contributed by atoms with Crippen LogP contribution in [-0.4, -0.2) is 18.7 Å². The van der Waals surface area contributed by atoms with Crippen LogP contribution in [0.25, 0.3) is 0 Å². The van der Waals surface area contributed by atoms with Gasteiger partial charge in [0.2, 0.25) is 5.91 Å². The van der Waals surface area contributed by atoms with Crippen LogP contribution in [0.15, 0.2) is 48.5 Å². The van der Waals surface area contributed by atoms with Crippen LogP contribution in [0.3, 0.4) is 0 Å². The Kier molecular flexibility index (Phi) is 8.12. The summed E-state index contributed by atoms with van der Waals surface area (Å²) in [5, 5.41) is 2.61. The zero-order chi connectivity index (χ0) is 19.3. The fourth-order valence-corrected chi connectivity index (χ4v) is 2.39. The topological polar surface area (TPSA) is 64.4 Å². The van der Waals surface area contributed by atoms with Crippen LogP contribution in [0, 0.1) is 12.8 Å². The lowest BCUT2D eigenvalue weighted by atomic mass is 9.94. The van der Waals surface area contributed by atoms with Crippen molar-refractivity contribution in [3.8, 4) is 5.75 Å². The summed E-state index contributed by atoms with van der Waals surface area (Å²) in [6, 6.07) is 13.2. The largest absolute Gasteiger partial charge is 0.482 e. The molecule has 8 heteroatoms. The molecule has 0 saturated heterocycles. The second kappa shape index (κ2) is 9.62. The molecule has 2 aromatic rings. The van der Waals surface area contributed by atoms with Gasteiger partial charge in [0.05, 0.1) is 11.6 Å². The second-order valence-corrected chi connectivity index (χ2v) is 6.12. The molecule has 2 rings (SSSR count). The molecule has 2 aromatic carbocycles. The van der Waals surface area contributed by atoms with Crippen molar-refractivity contribution < 1.29 is 22.7 Å². The van der Waals surface area contributed by atoms with Crippen molar-refractivity contribution in [3.63, 3.8) is 0 Å². The van der Waals surface area contributed by atoms with Gasteiger partial charge < -0.3 is 15.8 Å². The van der Waals surface area contributed by atoms with Gasteiger partial charge in [0.15, 0.2) is 6.61 Å². The maximum absolute atomic E-state index is 12.5. The smallest absolute Gasteiger partial charge is 0.422 e. The quantitative estimate of drug-likeness (QED) is 0.740. The lowest BCUT2D eigenvalue weighted by Crippen LogP contribution is -2.30. The van der Waals surface area contributed by atoms with Gasteiger partial charge in [-0.05, 0) is 30.2 Å². The third kappa shape index (κ3) is 6.77. The third-order valence-corrected chi connectivity index (χ3v) is 3.92. The Bertz CT molecular complexity index is 754. The summed E-state index contributed by atoms with van der Waals surface area (Å²) in [5.41, 5.74) is 7.82. The number of ether oxygens (including phenoxy) is 1. The highest BCUT2D eigenvalue weighted by molar-refractivity contribution is 5.94. The summed E-state index contributed by atoms with van der Waals surface area (Å²) < 4.78 is 42.1. The highest BCUT2D eigenvalue weighted by Crippen LogP contribution is 2.29. The molecule has 0 heterocycles. The lowest BCUT2D eigenvalue weighted by molar-refractivity contribution is -0.153. The van der Waals surface area contributed by atoms with Crippen LogP contribution >= 0.6 is 12.4 Å². The van der Waals surface area contributed by atoms with E-state index in [1.807, 2.05) is 30.3 Å². The number of carbonyl (C=O) groups is 1. The number of nitrogens with one attached hydrogen (secondary N) is 1. The van der Waals surface area contributed by atoms with E-state index in [1.54, 1.807) is 19.9 Å². The van der Waals surface area contributed by atoms with E-state index in [4.69, 9.17) is 10.5 Å². The summed E-state index contributed by atoms with van der Waals surface area (Å²) in [7, 11) is 0. The van der Waals surface area contributed by atoms with Gasteiger partial charge in [0.25, 0.3) is 0 Å². The lowest BCUT2D eigenvalue weighted by Gasteiger charge is -2.21. The number of halogens is 4. The highest BCUT2D eigenvalue weighted by Gasteiger charge is 2.29. The minimum absolute atomic E-state index is 0. The normalized spacial score (nSPS) is 13.3. The van der Waals surface area contributed by atoms with Gasteiger partial charge in [0, 0.05) is 6.04 Å². The molecular weight excluding hydrogens is 381 g/mol. The molecule has 27 heavy (non-hydrogen) atoms. The Balaban J connectivity index is 0.00000364. The molecule has 0 saturated carbocycles. The van der Waals surface area contributed by atoms with E-state index in [0.717, 1.165) is 5.56 Å². The molecular formula is C19H22ClF3N2O2. The number of carbonyl (C=O) groups excluding carboxylic acids is 1. The first-order valence-electron chi connectivity index (χ1n) is 8.09. The summed E-state index contributed by atoms with van der Waals surface area (Å²) in [6.45, 7) is 1.95. The molecule has 0 fully saturated rings. The molecule has 0 aliphatic rings. The second-order valence-electron chi connectivity index (χ2n) is 6.12. The van der Waals surface area contributed by atoms with Crippen LogP contribution in [0.2, 0.25) is 0 Å². The van der Waals surface area contributed by atoms with Crippen molar-refractivity contribution in [1.82, 2.24) is 0 Å². The first-order valence-corrected chi connectivity index (χ1v) is 8.09. The predicted molar refractivity (Wildman–Crippen MR) is 101 cm³/mol. The maximum atomic E-state index is 12.5. The molecule has 2 atom stereocenters. The van der Waals surface area contributed by atoms with E-state index >= 15 is 0 Å². The number of anilines is 1. The Labute approximate surface area is 162 Å². The molecule has 0 radical (unpaired) electrons. The third-order valence-electron chi connectivity index (χ3n) is 3.92. The van der Waals surface area contributed by atoms with Gasteiger partial charge in [-0.3, -0.25) is 4.79 Å². The van der Waals surface area contributed by atoms with Crippen molar-refractivity contribution in [2.75, 3.05) is 11.9 Å². The van der Waals surface area contributed by atoms with E-state index < -0.39 is 30.7 Å². The summed E-state index contributed by atoms with van der Waals surface area (Å²) in [4.78, 5) is 12.5. The summed E-state index contributed by atoms with van der Waals surface area (Å²) >= 11 is 0. The number of hydrogen-bond acceptors (Lipinski definition) is 3. The van der Waals surface area contributed by atoms with Gasteiger partial charge in [0.1, 0.15) is 5.75 Å². The molecule has 0 aliphatic carbocycles. The SMILES string of the molecule is Cc1ccc(NC(=O)C(C)C(N)c2ccccc2)c(OCC(F)(F)F)c1.Cl. The Morgan fingerprint density at radius 2 is 1.81 bits per heavy atom. The Hall–Kier alpha value is -2.25. The van der Waals surface area contributed by atoms with E-state index in [-0.39, 0.29) is 23.8 Å². The number of benzene rings is 2. The first-order chi connectivity index (χ1) is 12.2. The van der Waals surface area contributed by atoms with Gasteiger partial charge >= 0.3 is 6.18 Å². The zero-order valence-electron chi connectivity index (χ0n) is 14.9. The summed E-state index contributed by atoms with van der Waals surface area (Å²) in [6.07, 6.45) is -4.46. The predicted octanol–water partition coefficient (Wildman–Crippen LogP) is 4.63. The molecule has 3 N–H and O–H groups in total. The number of aryl methyl sites for hydroxylation is 1. The maximum Gasteiger partial charge on any atom is 0.422 e.